The Hall–Kier alpha value is -2.21. The molecule has 0 spiro atoms. The monoisotopic (exact) mass is 444 g/mol. The quantitative estimate of drug-likeness (QED) is 0.446. The van der Waals surface area contributed by atoms with Gasteiger partial charge in [0.25, 0.3) is 17.7 Å². The highest BCUT2D eigenvalue weighted by Crippen LogP contribution is 2.29. The van der Waals surface area contributed by atoms with E-state index in [-0.39, 0.29) is 23.1 Å². The van der Waals surface area contributed by atoms with Crippen molar-refractivity contribution in [3.63, 3.8) is 0 Å². The van der Waals surface area contributed by atoms with Gasteiger partial charge in [-0.1, -0.05) is 47.5 Å². The summed E-state index contributed by atoms with van der Waals surface area (Å²) in [6.07, 6.45) is 3.76. The average molecular weight is 445 g/mol. The van der Waals surface area contributed by atoms with Crippen LogP contribution in [0.5, 0.6) is 0 Å². The Morgan fingerprint density at radius 1 is 1.09 bits per heavy atom. The van der Waals surface area contributed by atoms with Gasteiger partial charge in [-0.15, -0.1) is 0 Å². The Balaban J connectivity index is 2.01. The van der Waals surface area contributed by atoms with Gasteiger partial charge in [0, 0.05) is 11.6 Å². The fourth-order valence-electron chi connectivity index (χ4n) is 5.06. The maximum Gasteiger partial charge on any atom is 0.258 e. The zero-order chi connectivity index (χ0) is 24.1. The van der Waals surface area contributed by atoms with E-state index in [1.54, 1.807) is 6.07 Å². The lowest BCUT2D eigenvalue weighted by atomic mass is 9.82. The lowest BCUT2D eigenvalue weighted by molar-refractivity contribution is -0.0710. The summed E-state index contributed by atoms with van der Waals surface area (Å²) in [6, 6.07) is 4.49. The first kappa shape index (κ1) is 26.0. The van der Waals surface area contributed by atoms with Crippen LogP contribution in [0.4, 0.5) is 0 Å². The molecule has 0 saturated heterocycles. The van der Waals surface area contributed by atoms with Gasteiger partial charge in [0.1, 0.15) is 0 Å². The van der Waals surface area contributed by atoms with Crippen molar-refractivity contribution in [2.45, 2.75) is 85.8 Å². The van der Waals surface area contributed by atoms with E-state index in [0.29, 0.717) is 41.9 Å². The Kier molecular flexibility index (Phi) is 9.02. The second kappa shape index (κ2) is 11.1. The minimum atomic E-state index is -0.461. The molecule has 178 valence electrons. The third-order valence-electron chi connectivity index (χ3n) is 6.65. The molecule has 2 N–H and O–H groups in total. The van der Waals surface area contributed by atoms with Crippen molar-refractivity contribution >= 4 is 17.7 Å². The van der Waals surface area contributed by atoms with Crippen molar-refractivity contribution in [1.29, 1.82) is 0 Å². The number of fused-ring (bicyclic) bond motifs is 1. The van der Waals surface area contributed by atoms with Crippen molar-refractivity contribution in [3.05, 3.63) is 34.9 Å². The van der Waals surface area contributed by atoms with Gasteiger partial charge in [0.05, 0.1) is 23.3 Å². The summed E-state index contributed by atoms with van der Waals surface area (Å²) in [4.78, 5) is 36.4. The van der Waals surface area contributed by atoms with Gasteiger partial charge in [-0.25, -0.2) is 0 Å². The summed E-state index contributed by atoms with van der Waals surface area (Å²) in [6.45, 7) is 16.0. The smallest absolute Gasteiger partial charge is 0.258 e. The molecule has 0 fully saturated rings. The van der Waals surface area contributed by atoms with E-state index < -0.39 is 11.8 Å². The fourth-order valence-corrected chi connectivity index (χ4v) is 5.06. The highest BCUT2D eigenvalue weighted by atomic mass is 16.5. The predicted octanol–water partition coefficient (Wildman–Crippen LogP) is 4.97. The Morgan fingerprint density at radius 2 is 1.75 bits per heavy atom. The van der Waals surface area contributed by atoms with E-state index in [2.05, 4.69) is 52.2 Å². The summed E-state index contributed by atoms with van der Waals surface area (Å²) in [5.74, 6) is 0.583. The van der Waals surface area contributed by atoms with Crippen LogP contribution in [-0.2, 0) is 4.74 Å². The Morgan fingerprint density at radius 3 is 2.34 bits per heavy atom. The summed E-state index contributed by atoms with van der Waals surface area (Å²) in [7, 11) is 0. The van der Waals surface area contributed by atoms with E-state index in [9.17, 15) is 14.4 Å². The molecule has 1 aliphatic heterocycles. The van der Waals surface area contributed by atoms with Crippen molar-refractivity contribution in [3.8, 4) is 0 Å². The molecule has 4 atom stereocenters. The van der Waals surface area contributed by atoms with Crippen LogP contribution in [0, 0.1) is 17.8 Å². The van der Waals surface area contributed by atoms with Crippen molar-refractivity contribution in [2.75, 3.05) is 6.61 Å². The van der Waals surface area contributed by atoms with Crippen molar-refractivity contribution in [2.24, 2.45) is 17.8 Å². The van der Waals surface area contributed by atoms with Crippen LogP contribution in [0.1, 0.15) is 105 Å². The van der Waals surface area contributed by atoms with Gasteiger partial charge < -0.3 is 10.1 Å². The number of benzene rings is 1. The zero-order valence-electron chi connectivity index (χ0n) is 20.7. The maximum absolute atomic E-state index is 12.8. The number of imide groups is 1. The highest BCUT2D eigenvalue weighted by Gasteiger charge is 2.31. The largest absolute Gasteiger partial charge is 0.375 e. The van der Waals surface area contributed by atoms with Crippen LogP contribution in [0.3, 0.4) is 0 Å². The molecule has 6 nitrogen and oxygen atoms in total. The van der Waals surface area contributed by atoms with Crippen LogP contribution in [0.2, 0.25) is 0 Å². The maximum atomic E-state index is 12.8. The zero-order valence-corrected chi connectivity index (χ0v) is 20.7. The first-order valence-electron chi connectivity index (χ1n) is 12.0. The molecule has 1 heterocycles. The lowest BCUT2D eigenvalue weighted by Gasteiger charge is -2.35. The number of carbonyl (C=O) groups excluding carboxylic acids is 3. The van der Waals surface area contributed by atoms with Gasteiger partial charge in [-0.2, -0.15) is 0 Å². The second-order valence-corrected chi connectivity index (χ2v) is 9.93. The molecule has 4 unspecified atom stereocenters. The number of carbonyl (C=O) groups is 3. The fraction of sp³-hybridized carbons (Fsp3) is 0.654. The first-order chi connectivity index (χ1) is 15.0. The molecule has 3 amide bonds. The van der Waals surface area contributed by atoms with Gasteiger partial charge >= 0.3 is 0 Å². The highest BCUT2D eigenvalue weighted by molar-refractivity contribution is 6.22. The summed E-state index contributed by atoms with van der Waals surface area (Å²) < 4.78 is 6.47. The lowest BCUT2D eigenvalue weighted by Crippen LogP contribution is -2.42. The van der Waals surface area contributed by atoms with Crippen LogP contribution >= 0.6 is 0 Å². The van der Waals surface area contributed by atoms with E-state index in [1.807, 2.05) is 6.92 Å². The molecule has 1 aromatic rings. The summed E-state index contributed by atoms with van der Waals surface area (Å²) in [5, 5.41) is 5.28. The van der Waals surface area contributed by atoms with Crippen LogP contribution in [-0.4, -0.2) is 36.0 Å². The van der Waals surface area contributed by atoms with E-state index >= 15 is 0 Å². The number of ether oxygens (including phenoxy) is 1. The number of nitrogens with one attached hydrogen (secondary N) is 2. The molecule has 0 aromatic heterocycles. The molecule has 0 aliphatic carbocycles. The first-order valence-corrected chi connectivity index (χ1v) is 12.0. The molecular weight excluding hydrogens is 404 g/mol. The van der Waals surface area contributed by atoms with Crippen LogP contribution in [0.25, 0.3) is 0 Å². The average Bonchev–Trinajstić information content (AvgIpc) is 3.00. The normalized spacial score (nSPS) is 18.0. The molecule has 0 bridgehead atoms. The predicted molar refractivity (Wildman–Crippen MR) is 127 cm³/mol. The van der Waals surface area contributed by atoms with Crippen molar-refractivity contribution < 1.29 is 19.1 Å². The van der Waals surface area contributed by atoms with Gasteiger partial charge in [-0.3, -0.25) is 19.7 Å². The van der Waals surface area contributed by atoms with E-state index in [4.69, 9.17) is 4.74 Å². The molecule has 0 saturated carbocycles. The molecule has 32 heavy (non-hydrogen) atoms. The van der Waals surface area contributed by atoms with E-state index in [0.717, 1.165) is 19.3 Å². The van der Waals surface area contributed by atoms with Crippen LogP contribution in [0.15, 0.2) is 18.2 Å². The number of rotatable bonds is 12. The molecular formula is C26H40N2O4. The third-order valence-corrected chi connectivity index (χ3v) is 6.65. The molecule has 0 radical (unpaired) electrons. The molecule has 1 aliphatic rings. The topological polar surface area (TPSA) is 84.5 Å². The minimum Gasteiger partial charge on any atom is -0.375 e. The van der Waals surface area contributed by atoms with Gasteiger partial charge in [0.15, 0.2) is 0 Å². The summed E-state index contributed by atoms with van der Waals surface area (Å²) in [5.41, 5.74) is 0.605. The Bertz CT molecular complexity index is 835. The Labute approximate surface area is 192 Å². The van der Waals surface area contributed by atoms with Gasteiger partial charge in [-0.05, 0) is 62.6 Å². The SMILES string of the molecule is CCCC(C)(CC(C)NC(=O)c1ccc2c(c1)C(=O)NC2=O)OCC(C)C(CC)C(C)C. The number of hydrogen-bond acceptors (Lipinski definition) is 4. The second-order valence-electron chi connectivity index (χ2n) is 9.93. The minimum absolute atomic E-state index is 0.106. The number of amides is 3. The van der Waals surface area contributed by atoms with Crippen molar-refractivity contribution in [1.82, 2.24) is 10.6 Å². The molecule has 2 rings (SSSR count). The van der Waals surface area contributed by atoms with Crippen LogP contribution < -0.4 is 10.6 Å². The van der Waals surface area contributed by atoms with Gasteiger partial charge in [0.2, 0.25) is 0 Å². The molecule has 6 heteroatoms. The number of hydrogen-bond donors (Lipinski definition) is 2. The van der Waals surface area contributed by atoms with E-state index in [1.165, 1.54) is 12.1 Å². The molecule has 1 aromatic carbocycles. The standard InChI is InChI=1S/C26H40N2O4/c1-8-12-26(7,32-15-17(5)20(9-2)16(3)4)14-18(6)27-23(29)19-10-11-21-22(13-19)25(31)28-24(21)30/h10-11,13,16-18,20H,8-9,12,14-15H2,1-7H3,(H,27,29)(H,28,30,31). The third kappa shape index (κ3) is 6.41. The summed E-state index contributed by atoms with van der Waals surface area (Å²) >= 11 is 0.